The summed E-state index contributed by atoms with van der Waals surface area (Å²) in [6.07, 6.45) is 7.85. The molecule has 0 amide bonds. The first-order valence-corrected chi connectivity index (χ1v) is 7.45. The molecule has 0 aromatic rings. The van der Waals surface area contributed by atoms with Crippen LogP contribution in [-0.2, 0) is 0 Å². The van der Waals surface area contributed by atoms with Gasteiger partial charge in [0, 0.05) is 12.6 Å². The van der Waals surface area contributed by atoms with Crippen molar-refractivity contribution in [2.24, 2.45) is 10.9 Å². The molecule has 1 aliphatic rings. The molecule has 0 aliphatic heterocycles. The van der Waals surface area contributed by atoms with E-state index in [0.717, 1.165) is 18.4 Å². The van der Waals surface area contributed by atoms with Gasteiger partial charge in [0.05, 0.1) is 13.2 Å². The number of nitrogens with zero attached hydrogens (tertiary/aromatic N) is 1. The summed E-state index contributed by atoms with van der Waals surface area (Å²) in [6.45, 7) is 5.78. The molecule has 0 aromatic heterocycles. The fraction of sp³-hybridized carbons (Fsp3) is 0.929. The van der Waals surface area contributed by atoms with Crippen LogP contribution in [0.4, 0.5) is 0 Å². The van der Waals surface area contributed by atoms with Gasteiger partial charge in [0.1, 0.15) is 0 Å². The van der Waals surface area contributed by atoms with Crippen molar-refractivity contribution in [3.63, 3.8) is 0 Å². The molecule has 0 spiro atoms. The summed E-state index contributed by atoms with van der Waals surface area (Å²) in [5.74, 6) is 1.79. The number of guanidine groups is 1. The number of hydrogen-bond acceptors (Lipinski definition) is 2. The maximum Gasteiger partial charge on any atom is 0.191 e. The zero-order chi connectivity index (χ0) is 13.2. The molecule has 0 bridgehead atoms. The molecule has 1 saturated carbocycles. The number of aliphatic imine (C=N–C) groups is 1. The van der Waals surface area contributed by atoms with Gasteiger partial charge < -0.3 is 15.7 Å². The average Bonchev–Trinajstić information content (AvgIpc) is 2.39. The number of aliphatic hydroxyl groups excluding tert-OH is 1. The van der Waals surface area contributed by atoms with Gasteiger partial charge in [-0.15, -0.1) is 24.0 Å². The molecule has 0 saturated heterocycles. The van der Waals surface area contributed by atoms with E-state index >= 15 is 0 Å². The quantitative estimate of drug-likeness (QED) is 0.375. The van der Waals surface area contributed by atoms with E-state index in [0.29, 0.717) is 12.6 Å². The number of halogens is 1. The van der Waals surface area contributed by atoms with Crippen LogP contribution in [0.3, 0.4) is 0 Å². The zero-order valence-electron chi connectivity index (χ0n) is 12.3. The zero-order valence-corrected chi connectivity index (χ0v) is 14.7. The van der Waals surface area contributed by atoms with Gasteiger partial charge in [-0.25, -0.2) is 0 Å². The first-order valence-electron chi connectivity index (χ1n) is 7.45. The topological polar surface area (TPSA) is 56.7 Å². The Hall–Kier alpha value is -0.0400. The summed E-state index contributed by atoms with van der Waals surface area (Å²) in [7, 11) is 0. The van der Waals surface area contributed by atoms with Gasteiger partial charge >= 0.3 is 0 Å². The monoisotopic (exact) mass is 383 g/mol. The summed E-state index contributed by atoms with van der Waals surface area (Å²) >= 11 is 0. The molecule has 0 unspecified atom stereocenters. The van der Waals surface area contributed by atoms with E-state index in [1.54, 1.807) is 0 Å². The molecular formula is C14H30IN3O. The van der Waals surface area contributed by atoms with Gasteiger partial charge in [0.15, 0.2) is 5.96 Å². The van der Waals surface area contributed by atoms with Gasteiger partial charge in [0.2, 0.25) is 0 Å². The van der Waals surface area contributed by atoms with Gasteiger partial charge in [-0.3, -0.25) is 4.99 Å². The van der Waals surface area contributed by atoms with E-state index < -0.39 is 0 Å². The normalized spacial score (nSPS) is 23.6. The minimum atomic E-state index is 0. The molecule has 19 heavy (non-hydrogen) atoms. The second kappa shape index (κ2) is 11.8. The summed E-state index contributed by atoms with van der Waals surface area (Å²) in [5.41, 5.74) is 0. The van der Waals surface area contributed by atoms with Crippen molar-refractivity contribution in [1.82, 2.24) is 10.6 Å². The second-order valence-corrected chi connectivity index (χ2v) is 5.13. The van der Waals surface area contributed by atoms with Crippen molar-refractivity contribution < 1.29 is 5.11 Å². The summed E-state index contributed by atoms with van der Waals surface area (Å²) in [6, 6.07) is 0.551. The van der Waals surface area contributed by atoms with Crippen LogP contribution in [-0.4, -0.2) is 36.8 Å². The molecular weight excluding hydrogens is 353 g/mol. The van der Waals surface area contributed by atoms with Gasteiger partial charge in [-0.2, -0.15) is 0 Å². The Morgan fingerprint density at radius 1 is 1.21 bits per heavy atom. The van der Waals surface area contributed by atoms with Crippen LogP contribution in [0.25, 0.3) is 0 Å². The van der Waals surface area contributed by atoms with E-state index in [4.69, 9.17) is 5.11 Å². The minimum Gasteiger partial charge on any atom is -0.394 e. The Morgan fingerprint density at radius 3 is 2.42 bits per heavy atom. The van der Waals surface area contributed by atoms with E-state index in [1.165, 1.54) is 38.5 Å². The molecule has 0 aromatic carbocycles. The third-order valence-electron chi connectivity index (χ3n) is 3.60. The smallest absolute Gasteiger partial charge is 0.191 e. The van der Waals surface area contributed by atoms with E-state index in [1.807, 2.05) is 0 Å². The lowest BCUT2D eigenvalue weighted by Gasteiger charge is -2.30. The van der Waals surface area contributed by atoms with Crippen molar-refractivity contribution in [3.8, 4) is 0 Å². The molecule has 5 heteroatoms. The Morgan fingerprint density at radius 2 is 1.89 bits per heavy atom. The Balaban J connectivity index is 0.00000324. The molecule has 1 fully saturated rings. The summed E-state index contributed by atoms with van der Waals surface area (Å²) in [5, 5.41) is 15.5. The van der Waals surface area contributed by atoms with Crippen LogP contribution in [0.2, 0.25) is 0 Å². The lowest BCUT2D eigenvalue weighted by molar-refractivity contribution is 0.293. The van der Waals surface area contributed by atoms with Crippen LogP contribution in [0.1, 0.15) is 52.4 Å². The molecule has 0 radical (unpaired) electrons. The summed E-state index contributed by atoms with van der Waals surface area (Å²) < 4.78 is 0. The molecule has 1 rings (SSSR count). The third-order valence-corrected chi connectivity index (χ3v) is 3.60. The maximum atomic E-state index is 8.82. The Labute approximate surface area is 134 Å². The van der Waals surface area contributed by atoms with Crippen LogP contribution < -0.4 is 10.6 Å². The lowest BCUT2D eigenvalue weighted by atomic mass is 9.83. The van der Waals surface area contributed by atoms with Crippen molar-refractivity contribution in [2.45, 2.75) is 58.4 Å². The highest BCUT2D eigenvalue weighted by atomic mass is 127. The van der Waals surface area contributed by atoms with E-state index in [-0.39, 0.29) is 30.6 Å². The van der Waals surface area contributed by atoms with Crippen LogP contribution in [0.15, 0.2) is 4.99 Å². The molecule has 0 heterocycles. The fourth-order valence-corrected chi connectivity index (χ4v) is 2.68. The Kier molecular flexibility index (Phi) is 11.7. The van der Waals surface area contributed by atoms with Crippen LogP contribution in [0.5, 0.6) is 0 Å². The standard InChI is InChI=1S/C14H29N3O.HI/c1-3-5-12-6-8-13(9-7-12)17-14(15-4-2)16-10-11-18;/h12-13,18H,3-11H2,1-2H3,(H2,15,16,17);1H. The van der Waals surface area contributed by atoms with Crippen LogP contribution >= 0.6 is 24.0 Å². The first-order chi connectivity index (χ1) is 8.80. The number of aliphatic hydroxyl groups is 1. The largest absolute Gasteiger partial charge is 0.394 e. The maximum absolute atomic E-state index is 8.82. The highest BCUT2D eigenvalue weighted by Crippen LogP contribution is 2.27. The van der Waals surface area contributed by atoms with E-state index in [9.17, 15) is 0 Å². The molecule has 0 atom stereocenters. The first kappa shape index (κ1) is 19.0. The molecule has 4 nitrogen and oxygen atoms in total. The lowest BCUT2D eigenvalue weighted by Crippen LogP contribution is -2.45. The Bertz CT molecular complexity index is 241. The SMILES string of the molecule is CCCC1CCC(NC(=NCCO)NCC)CC1.I. The highest BCUT2D eigenvalue weighted by molar-refractivity contribution is 14.0. The molecule has 3 N–H and O–H groups in total. The second-order valence-electron chi connectivity index (χ2n) is 5.13. The molecule has 114 valence electrons. The van der Waals surface area contributed by atoms with Crippen LogP contribution in [0, 0.1) is 5.92 Å². The predicted molar refractivity (Wildman–Crippen MR) is 92.3 cm³/mol. The van der Waals surface area contributed by atoms with Crippen molar-refractivity contribution in [1.29, 1.82) is 0 Å². The number of hydrogen-bond donors (Lipinski definition) is 3. The highest BCUT2D eigenvalue weighted by Gasteiger charge is 2.20. The van der Waals surface area contributed by atoms with E-state index in [2.05, 4.69) is 29.5 Å². The van der Waals surface area contributed by atoms with Gasteiger partial charge in [-0.05, 0) is 38.5 Å². The van der Waals surface area contributed by atoms with Crippen molar-refractivity contribution in [3.05, 3.63) is 0 Å². The van der Waals surface area contributed by atoms with Gasteiger partial charge in [-0.1, -0.05) is 19.8 Å². The third kappa shape index (κ3) is 7.97. The van der Waals surface area contributed by atoms with Crippen molar-refractivity contribution in [2.75, 3.05) is 19.7 Å². The number of rotatable bonds is 6. The minimum absolute atomic E-state index is 0. The van der Waals surface area contributed by atoms with Gasteiger partial charge in [0.25, 0.3) is 0 Å². The van der Waals surface area contributed by atoms with Crippen molar-refractivity contribution >= 4 is 29.9 Å². The summed E-state index contributed by atoms with van der Waals surface area (Å²) in [4.78, 5) is 4.33. The average molecular weight is 383 g/mol. The predicted octanol–water partition coefficient (Wildman–Crippen LogP) is 2.51. The molecule has 1 aliphatic carbocycles. The number of nitrogens with one attached hydrogen (secondary N) is 2. The fourth-order valence-electron chi connectivity index (χ4n) is 2.68.